The van der Waals surface area contributed by atoms with Gasteiger partial charge in [-0.1, -0.05) is 54.5 Å². The average molecular weight is 273 g/mol. The Kier molecular flexibility index (Phi) is 4.04. The summed E-state index contributed by atoms with van der Waals surface area (Å²) in [6.45, 7) is 0. The molecule has 1 atom stereocenters. The quantitative estimate of drug-likeness (QED) is 0.664. The predicted octanol–water partition coefficient (Wildman–Crippen LogP) is 3.71. The first kappa shape index (κ1) is 13.1. The largest absolute Gasteiger partial charge is 0.393 e. The second kappa shape index (κ2) is 6.49. The van der Waals surface area contributed by atoms with Crippen molar-refractivity contribution < 1.29 is 4.84 Å². The molecule has 2 aromatic carbocycles. The summed E-state index contributed by atoms with van der Waals surface area (Å²) in [4.78, 5) is 5.91. The Bertz CT molecular complexity index is 721. The number of hydrogen-bond acceptors (Lipinski definition) is 1. The zero-order valence-electron chi connectivity index (χ0n) is 11.5. The minimum absolute atomic E-state index is 0.307. The molecule has 0 spiro atoms. The summed E-state index contributed by atoms with van der Waals surface area (Å²) in [5.41, 5.74) is 2.02. The van der Waals surface area contributed by atoms with Crippen molar-refractivity contribution in [1.29, 1.82) is 0 Å². The van der Waals surface area contributed by atoms with E-state index in [-0.39, 0.29) is 6.10 Å². The second-order valence-corrected chi connectivity index (χ2v) is 4.57. The van der Waals surface area contributed by atoms with Gasteiger partial charge >= 0.3 is 0 Å². The van der Waals surface area contributed by atoms with Gasteiger partial charge in [0.1, 0.15) is 0 Å². The molecule has 0 aliphatic heterocycles. The number of nitrogens with zero attached hydrogens (tertiary/aromatic N) is 1. The summed E-state index contributed by atoms with van der Waals surface area (Å²) in [5.74, 6) is 6.36. The lowest BCUT2D eigenvalue weighted by Crippen LogP contribution is -2.15. The molecule has 0 saturated carbocycles. The van der Waals surface area contributed by atoms with Crippen molar-refractivity contribution >= 4 is 0 Å². The molecule has 3 aromatic rings. The highest BCUT2D eigenvalue weighted by Gasteiger charge is 2.09. The summed E-state index contributed by atoms with van der Waals surface area (Å²) in [6, 6.07) is 23.8. The van der Waals surface area contributed by atoms with E-state index < -0.39 is 0 Å². The zero-order chi connectivity index (χ0) is 14.3. The third-order valence-corrected chi connectivity index (χ3v) is 3.03. The first-order chi connectivity index (χ1) is 10.4. The van der Waals surface area contributed by atoms with Gasteiger partial charge < -0.3 is 4.84 Å². The van der Waals surface area contributed by atoms with Gasteiger partial charge in [-0.15, -0.1) is 0 Å². The number of benzene rings is 2. The molecule has 0 aliphatic rings. The summed E-state index contributed by atoms with van der Waals surface area (Å²) in [6.07, 6.45) is 3.42. The monoisotopic (exact) mass is 273 g/mol. The van der Waals surface area contributed by atoms with Crippen molar-refractivity contribution in [3.63, 3.8) is 0 Å². The van der Waals surface area contributed by atoms with E-state index in [1.165, 1.54) is 0 Å². The standard InChI is InChI=1S/C19H15NO/c1-3-9-17(10-4-1)13-14-19(18-11-5-2-6-12-18)21-20-15-7-8-16-20/h1-12,15-16,19H. The Morgan fingerprint density at radius 2 is 1.38 bits per heavy atom. The lowest BCUT2D eigenvalue weighted by molar-refractivity contribution is 0.0718. The van der Waals surface area contributed by atoms with Crippen LogP contribution in [0.2, 0.25) is 0 Å². The van der Waals surface area contributed by atoms with E-state index in [1.807, 2.05) is 85.2 Å². The lowest BCUT2D eigenvalue weighted by atomic mass is 10.1. The summed E-state index contributed by atoms with van der Waals surface area (Å²) >= 11 is 0. The SMILES string of the molecule is C(#CC(On1cccc1)c1ccccc1)c1ccccc1. The average Bonchev–Trinajstić information content (AvgIpc) is 3.06. The van der Waals surface area contributed by atoms with Gasteiger partial charge in [0.05, 0.1) is 0 Å². The molecular formula is C19H15NO. The van der Waals surface area contributed by atoms with Crippen LogP contribution in [0.4, 0.5) is 0 Å². The minimum atomic E-state index is -0.307. The summed E-state index contributed by atoms with van der Waals surface area (Å²) < 4.78 is 1.68. The van der Waals surface area contributed by atoms with Crippen molar-refractivity contribution in [1.82, 2.24) is 4.73 Å². The third-order valence-electron chi connectivity index (χ3n) is 3.03. The van der Waals surface area contributed by atoms with Gasteiger partial charge in [0.2, 0.25) is 6.10 Å². The van der Waals surface area contributed by atoms with Crippen LogP contribution in [0.15, 0.2) is 85.2 Å². The molecule has 0 saturated heterocycles. The van der Waals surface area contributed by atoms with Crippen molar-refractivity contribution in [2.75, 3.05) is 0 Å². The Balaban J connectivity index is 1.88. The van der Waals surface area contributed by atoms with Gasteiger partial charge in [0.25, 0.3) is 0 Å². The van der Waals surface area contributed by atoms with Crippen LogP contribution in [0.5, 0.6) is 0 Å². The van der Waals surface area contributed by atoms with E-state index in [4.69, 9.17) is 4.84 Å². The van der Waals surface area contributed by atoms with Crippen LogP contribution in [0.3, 0.4) is 0 Å². The molecule has 0 aliphatic carbocycles. The number of hydrogen-bond donors (Lipinski definition) is 0. The lowest BCUT2D eigenvalue weighted by Gasteiger charge is -2.14. The third kappa shape index (κ3) is 3.55. The highest BCUT2D eigenvalue weighted by atomic mass is 16.7. The van der Waals surface area contributed by atoms with Gasteiger partial charge in [0.15, 0.2) is 0 Å². The maximum Gasteiger partial charge on any atom is 0.210 e. The van der Waals surface area contributed by atoms with Crippen molar-refractivity contribution in [2.24, 2.45) is 0 Å². The number of rotatable bonds is 3. The Labute approximate surface area is 124 Å². The molecule has 0 fully saturated rings. The summed E-state index contributed by atoms with van der Waals surface area (Å²) in [5, 5.41) is 0. The molecular weight excluding hydrogens is 258 g/mol. The van der Waals surface area contributed by atoms with Gasteiger partial charge in [-0.3, -0.25) is 0 Å². The van der Waals surface area contributed by atoms with Gasteiger partial charge in [-0.2, -0.15) is 4.73 Å². The first-order valence-corrected chi connectivity index (χ1v) is 6.83. The van der Waals surface area contributed by atoms with E-state index in [0.29, 0.717) is 0 Å². The molecule has 2 nitrogen and oxygen atoms in total. The van der Waals surface area contributed by atoms with Crippen molar-refractivity contribution in [3.8, 4) is 11.8 Å². The topological polar surface area (TPSA) is 14.2 Å². The fraction of sp³-hybridized carbons (Fsp3) is 0.0526. The van der Waals surface area contributed by atoms with E-state index >= 15 is 0 Å². The Hall–Kier alpha value is -2.92. The molecule has 3 rings (SSSR count). The fourth-order valence-corrected chi connectivity index (χ4v) is 1.98. The van der Waals surface area contributed by atoms with Crippen LogP contribution >= 0.6 is 0 Å². The highest BCUT2D eigenvalue weighted by molar-refractivity contribution is 5.36. The van der Waals surface area contributed by atoms with Crippen LogP contribution in [0.25, 0.3) is 0 Å². The molecule has 102 valence electrons. The van der Waals surface area contributed by atoms with Gasteiger partial charge in [-0.05, 0) is 30.2 Å². The fourth-order valence-electron chi connectivity index (χ4n) is 1.98. The van der Waals surface area contributed by atoms with Crippen LogP contribution in [0.1, 0.15) is 17.2 Å². The Morgan fingerprint density at radius 1 is 0.762 bits per heavy atom. The minimum Gasteiger partial charge on any atom is -0.393 e. The molecule has 21 heavy (non-hydrogen) atoms. The zero-order valence-corrected chi connectivity index (χ0v) is 11.5. The van der Waals surface area contributed by atoms with E-state index in [1.54, 1.807) is 4.73 Å². The van der Waals surface area contributed by atoms with E-state index in [0.717, 1.165) is 11.1 Å². The molecule has 0 radical (unpaired) electrons. The first-order valence-electron chi connectivity index (χ1n) is 6.83. The van der Waals surface area contributed by atoms with Gasteiger partial charge in [-0.25, -0.2) is 0 Å². The molecule has 2 heteroatoms. The molecule has 0 amide bonds. The van der Waals surface area contributed by atoms with Crippen LogP contribution in [-0.2, 0) is 0 Å². The smallest absolute Gasteiger partial charge is 0.210 e. The maximum atomic E-state index is 5.91. The predicted molar refractivity (Wildman–Crippen MR) is 83.5 cm³/mol. The number of aromatic nitrogens is 1. The maximum absolute atomic E-state index is 5.91. The molecule has 1 aromatic heterocycles. The second-order valence-electron chi connectivity index (χ2n) is 4.57. The van der Waals surface area contributed by atoms with E-state index in [2.05, 4.69) is 11.8 Å². The van der Waals surface area contributed by atoms with Gasteiger partial charge in [0, 0.05) is 23.5 Å². The molecule has 1 heterocycles. The summed E-state index contributed by atoms with van der Waals surface area (Å²) in [7, 11) is 0. The van der Waals surface area contributed by atoms with E-state index in [9.17, 15) is 0 Å². The molecule has 0 bridgehead atoms. The van der Waals surface area contributed by atoms with Crippen LogP contribution in [-0.4, -0.2) is 4.73 Å². The highest BCUT2D eigenvalue weighted by Crippen LogP contribution is 2.14. The van der Waals surface area contributed by atoms with Crippen LogP contribution < -0.4 is 4.84 Å². The molecule has 1 unspecified atom stereocenters. The van der Waals surface area contributed by atoms with Crippen molar-refractivity contribution in [2.45, 2.75) is 6.10 Å². The normalized spacial score (nSPS) is 11.2. The molecule has 0 N–H and O–H groups in total. The van der Waals surface area contributed by atoms with Crippen molar-refractivity contribution in [3.05, 3.63) is 96.3 Å². The Morgan fingerprint density at radius 3 is 2.05 bits per heavy atom. The van der Waals surface area contributed by atoms with Crippen LogP contribution in [0, 0.1) is 11.8 Å².